The van der Waals surface area contributed by atoms with Crippen molar-refractivity contribution in [1.29, 1.82) is 0 Å². The number of hydrogen-bond donors (Lipinski definition) is 2. The maximum Gasteiger partial charge on any atom is 0.257 e. The van der Waals surface area contributed by atoms with Gasteiger partial charge in [-0.2, -0.15) is 0 Å². The molecule has 0 aliphatic carbocycles. The van der Waals surface area contributed by atoms with Crippen LogP contribution in [0.1, 0.15) is 27.0 Å². The van der Waals surface area contributed by atoms with E-state index in [1.54, 1.807) is 24.4 Å². The zero-order valence-electron chi connectivity index (χ0n) is 12.1. The first kappa shape index (κ1) is 14.8. The van der Waals surface area contributed by atoms with Crippen LogP contribution < -0.4 is 11.1 Å². The molecule has 0 radical (unpaired) electrons. The number of rotatable bonds is 2. The Bertz CT molecular complexity index is 726. The highest BCUT2D eigenvalue weighted by atomic mass is 16.1. The lowest BCUT2D eigenvalue weighted by atomic mass is 10.0. The molecule has 4 heteroatoms. The molecular formula is C17H17N3O. The Kier molecular flexibility index (Phi) is 4.70. The summed E-state index contributed by atoms with van der Waals surface area (Å²) in [6, 6.07) is 9.15. The Morgan fingerprint density at radius 1 is 1.33 bits per heavy atom. The van der Waals surface area contributed by atoms with E-state index in [9.17, 15) is 4.79 Å². The average molecular weight is 279 g/mol. The second kappa shape index (κ2) is 6.69. The number of hydrogen-bond acceptors (Lipinski definition) is 3. The van der Waals surface area contributed by atoms with Crippen LogP contribution in [0.15, 0.2) is 36.5 Å². The van der Waals surface area contributed by atoms with Gasteiger partial charge in [0.05, 0.1) is 6.54 Å². The van der Waals surface area contributed by atoms with Gasteiger partial charge in [-0.25, -0.2) is 4.98 Å². The number of aryl methyl sites for hydroxylation is 1. The molecule has 0 fully saturated rings. The highest BCUT2D eigenvalue weighted by molar-refractivity contribution is 6.05. The highest BCUT2D eigenvalue weighted by Crippen LogP contribution is 2.15. The van der Waals surface area contributed by atoms with E-state index in [1.165, 1.54) is 0 Å². The number of amides is 1. The summed E-state index contributed by atoms with van der Waals surface area (Å²) in [4.78, 5) is 16.4. The van der Waals surface area contributed by atoms with Crippen LogP contribution in [0.2, 0.25) is 0 Å². The molecule has 0 atom stereocenters. The van der Waals surface area contributed by atoms with Gasteiger partial charge in [-0.15, -0.1) is 0 Å². The van der Waals surface area contributed by atoms with Gasteiger partial charge in [0.2, 0.25) is 0 Å². The molecule has 0 saturated carbocycles. The van der Waals surface area contributed by atoms with Crippen molar-refractivity contribution in [2.45, 2.75) is 13.8 Å². The van der Waals surface area contributed by atoms with Crippen molar-refractivity contribution in [3.05, 3.63) is 58.8 Å². The molecule has 21 heavy (non-hydrogen) atoms. The minimum atomic E-state index is -0.173. The van der Waals surface area contributed by atoms with Crippen LogP contribution in [-0.2, 0) is 0 Å². The summed E-state index contributed by atoms with van der Waals surface area (Å²) in [5, 5.41) is 2.79. The summed E-state index contributed by atoms with van der Waals surface area (Å²) in [6.07, 6.45) is 1.61. The highest BCUT2D eigenvalue weighted by Gasteiger charge is 2.10. The van der Waals surface area contributed by atoms with E-state index < -0.39 is 0 Å². The van der Waals surface area contributed by atoms with Crippen LogP contribution >= 0.6 is 0 Å². The van der Waals surface area contributed by atoms with Crippen LogP contribution in [0.5, 0.6) is 0 Å². The van der Waals surface area contributed by atoms with Crippen molar-refractivity contribution in [2.24, 2.45) is 5.73 Å². The van der Waals surface area contributed by atoms with Gasteiger partial charge in [0.1, 0.15) is 5.82 Å². The van der Waals surface area contributed by atoms with E-state index in [-0.39, 0.29) is 5.91 Å². The molecule has 106 valence electrons. The minimum absolute atomic E-state index is 0.173. The Balaban J connectivity index is 2.22. The average Bonchev–Trinajstić information content (AvgIpc) is 2.48. The Hall–Kier alpha value is -2.64. The van der Waals surface area contributed by atoms with E-state index in [2.05, 4.69) is 22.1 Å². The molecule has 2 aromatic rings. The number of anilines is 1. The summed E-state index contributed by atoms with van der Waals surface area (Å²) >= 11 is 0. The molecule has 1 heterocycles. The summed E-state index contributed by atoms with van der Waals surface area (Å²) < 4.78 is 0. The number of pyridine rings is 1. The number of nitrogens with two attached hydrogens (primary N) is 1. The third-order valence-corrected chi connectivity index (χ3v) is 3.19. The number of carbonyl (C=O) groups is 1. The minimum Gasteiger partial charge on any atom is -0.320 e. The smallest absolute Gasteiger partial charge is 0.257 e. The lowest BCUT2D eigenvalue weighted by Gasteiger charge is -2.09. The van der Waals surface area contributed by atoms with Crippen LogP contribution in [0.4, 0.5) is 5.82 Å². The number of aromatic nitrogens is 1. The Labute approximate surface area is 124 Å². The van der Waals surface area contributed by atoms with Crippen molar-refractivity contribution < 1.29 is 4.79 Å². The van der Waals surface area contributed by atoms with Gasteiger partial charge in [0.15, 0.2) is 0 Å². The number of carbonyl (C=O) groups excluding carboxylic acids is 1. The standard InChI is InChI=1S/C17H17N3O/c1-12-5-3-7-15(13(12)2)17(21)20-16-11-14(6-4-9-18)8-10-19-16/h3,5,7-8,10-11H,9,18H2,1-2H3,(H,19,20,21). The van der Waals surface area contributed by atoms with Crippen LogP contribution in [0.25, 0.3) is 0 Å². The molecule has 0 unspecified atom stereocenters. The SMILES string of the molecule is Cc1cccc(C(=O)Nc2cc(C#CCN)ccn2)c1C. The lowest BCUT2D eigenvalue weighted by Crippen LogP contribution is -2.14. The van der Waals surface area contributed by atoms with E-state index in [4.69, 9.17) is 5.73 Å². The fourth-order valence-electron chi connectivity index (χ4n) is 1.91. The summed E-state index contributed by atoms with van der Waals surface area (Å²) in [6.45, 7) is 4.21. The normalized spacial score (nSPS) is 9.67. The number of nitrogens with zero attached hydrogens (tertiary/aromatic N) is 1. The van der Waals surface area contributed by atoms with Crippen LogP contribution in [0.3, 0.4) is 0 Å². The van der Waals surface area contributed by atoms with Gasteiger partial charge in [-0.05, 0) is 43.2 Å². The van der Waals surface area contributed by atoms with Gasteiger partial charge in [0.25, 0.3) is 5.91 Å². The predicted molar refractivity (Wildman–Crippen MR) is 84.0 cm³/mol. The van der Waals surface area contributed by atoms with Crippen LogP contribution in [-0.4, -0.2) is 17.4 Å². The monoisotopic (exact) mass is 279 g/mol. The number of nitrogens with one attached hydrogen (secondary N) is 1. The Morgan fingerprint density at radius 2 is 2.14 bits per heavy atom. The summed E-state index contributed by atoms with van der Waals surface area (Å²) in [7, 11) is 0. The first-order valence-corrected chi connectivity index (χ1v) is 6.64. The van der Waals surface area contributed by atoms with Gasteiger partial charge in [-0.3, -0.25) is 4.79 Å². The molecule has 3 N–H and O–H groups in total. The molecule has 1 aromatic carbocycles. The molecule has 0 saturated heterocycles. The fraction of sp³-hybridized carbons (Fsp3) is 0.176. The first-order valence-electron chi connectivity index (χ1n) is 6.64. The van der Waals surface area contributed by atoms with E-state index in [1.807, 2.05) is 26.0 Å². The largest absolute Gasteiger partial charge is 0.320 e. The molecule has 4 nitrogen and oxygen atoms in total. The zero-order valence-corrected chi connectivity index (χ0v) is 12.1. The predicted octanol–water partition coefficient (Wildman–Crippen LogP) is 2.26. The van der Waals surface area contributed by atoms with Gasteiger partial charge < -0.3 is 11.1 Å². The zero-order chi connectivity index (χ0) is 15.2. The lowest BCUT2D eigenvalue weighted by molar-refractivity contribution is 0.102. The number of benzene rings is 1. The van der Waals surface area contributed by atoms with Crippen molar-refractivity contribution in [1.82, 2.24) is 4.98 Å². The summed E-state index contributed by atoms with van der Waals surface area (Å²) in [5.41, 5.74) is 8.81. The van der Waals surface area contributed by atoms with Crippen molar-refractivity contribution >= 4 is 11.7 Å². The van der Waals surface area contributed by atoms with Crippen LogP contribution in [0, 0.1) is 25.7 Å². The van der Waals surface area contributed by atoms with E-state index in [0.717, 1.165) is 16.7 Å². The van der Waals surface area contributed by atoms with E-state index >= 15 is 0 Å². The third-order valence-electron chi connectivity index (χ3n) is 3.19. The first-order chi connectivity index (χ1) is 10.1. The second-order valence-electron chi connectivity index (χ2n) is 4.64. The fourth-order valence-corrected chi connectivity index (χ4v) is 1.91. The maximum absolute atomic E-state index is 12.3. The molecule has 1 aromatic heterocycles. The van der Waals surface area contributed by atoms with Crippen molar-refractivity contribution in [3.8, 4) is 11.8 Å². The molecule has 0 aliphatic rings. The third kappa shape index (κ3) is 3.68. The molecule has 0 spiro atoms. The quantitative estimate of drug-likeness (QED) is 0.829. The van der Waals surface area contributed by atoms with Crippen molar-refractivity contribution in [2.75, 3.05) is 11.9 Å². The second-order valence-corrected chi connectivity index (χ2v) is 4.64. The molecule has 1 amide bonds. The molecule has 0 aliphatic heterocycles. The summed E-state index contributed by atoms with van der Waals surface area (Å²) in [5.74, 6) is 5.99. The van der Waals surface area contributed by atoms with Gasteiger partial charge in [0, 0.05) is 17.3 Å². The van der Waals surface area contributed by atoms with Crippen molar-refractivity contribution in [3.63, 3.8) is 0 Å². The van der Waals surface area contributed by atoms with E-state index in [0.29, 0.717) is 17.9 Å². The van der Waals surface area contributed by atoms with Gasteiger partial charge in [-0.1, -0.05) is 24.0 Å². The molecule has 0 bridgehead atoms. The molecule has 2 rings (SSSR count). The molecular weight excluding hydrogens is 262 g/mol. The maximum atomic E-state index is 12.3. The topological polar surface area (TPSA) is 68.0 Å². The Morgan fingerprint density at radius 3 is 2.90 bits per heavy atom. The van der Waals surface area contributed by atoms with Gasteiger partial charge >= 0.3 is 0 Å².